The zero-order valence-corrected chi connectivity index (χ0v) is 17.1. The lowest BCUT2D eigenvalue weighted by Crippen LogP contribution is -2.56. The molecule has 1 amide bonds. The number of carbonyl (C=O) groups is 1. The molecule has 2 aromatic heterocycles. The molecule has 0 saturated carbocycles. The molecule has 0 aliphatic carbocycles. The molecule has 4 atom stereocenters. The standard InChI is InChI=1S/C24H26N4O2/c1-16-26-21(13-22(27-16)23-8-5-11-30-23)20-15-28-10-9-18(20)12-19(28)14-25-24(29)17-6-3-2-4-7-17/h2-8,11,13,18-20H,9-10,12,14-15H2,1H3,(H,25,29). The Hall–Kier alpha value is -2.99. The van der Waals surface area contributed by atoms with Crippen LogP contribution in [0.3, 0.4) is 0 Å². The summed E-state index contributed by atoms with van der Waals surface area (Å²) in [5.41, 5.74) is 2.68. The van der Waals surface area contributed by atoms with Gasteiger partial charge >= 0.3 is 0 Å². The minimum atomic E-state index is 0.00399. The number of furan rings is 1. The van der Waals surface area contributed by atoms with E-state index < -0.39 is 0 Å². The molecule has 1 N–H and O–H groups in total. The SMILES string of the molecule is Cc1nc(-c2ccco2)cc(C2CN3CCC2CC3CNC(=O)c2ccccc2)n1. The van der Waals surface area contributed by atoms with E-state index in [1.165, 1.54) is 6.42 Å². The highest BCUT2D eigenvalue weighted by Gasteiger charge is 2.41. The van der Waals surface area contributed by atoms with Crippen LogP contribution in [0.5, 0.6) is 0 Å². The van der Waals surface area contributed by atoms with Crippen LogP contribution < -0.4 is 5.32 Å². The maximum absolute atomic E-state index is 12.4. The van der Waals surface area contributed by atoms with Crippen LogP contribution in [-0.4, -0.2) is 46.5 Å². The van der Waals surface area contributed by atoms with E-state index in [2.05, 4.69) is 21.3 Å². The van der Waals surface area contributed by atoms with Crippen molar-refractivity contribution >= 4 is 5.91 Å². The van der Waals surface area contributed by atoms with Crippen molar-refractivity contribution in [3.8, 4) is 11.5 Å². The van der Waals surface area contributed by atoms with Crippen LogP contribution in [0.15, 0.2) is 59.2 Å². The number of aromatic nitrogens is 2. The van der Waals surface area contributed by atoms with Crippen molar-refractivity contribution in [2.75, 3.05) is 19.6 Å². The number of nitrogens with zero attached hydrogens (tertiary/aromatic N) is 3. The summed E-state index contributed by atoms with van der Waals surface area (Å²) in [5, 5.41) is 3.13. The molecule has 3 aliphatic heterocycles. The molecular weight excluding hydrogens is 376 g/mol. The van der Waals surface area contributed by atoms with Gasteiger partial charge in [-0.15, -0.1) is 0 Å². The Kier molecular flexibility index (Phi) is 5.09. The minimum absolute atomic E-state index is 0.00399. The smallest absolute Gasteiger partial charge is 0.251 e. The number of aryl methyl sites for hydroxylation is 1. The highest BCUT2D eigenvalue weighted by molar-refractivity contribution is 5.94. The molecule has 6 nitrogen and oxygen atoms in total. The summed E-state index contributed by atoms with van der Waals surface area (Å²) >= 11 is 0. The second-order valence-electron chi connectivity index (χ2n) is 8.32. The third-order valence-corrected chi connectivity index (χ3v) is 6.42. The fourth-order valence-corrected chi connectivity index (χ4v) is 4.92. The molecule has 3 aliphatic rings. The van der Waals surface area contributed by atoms with E-state index in [1.807, 2.05) is 49.4 Å². The lowest BCUT2D eigenvalue weighted by molar-refractivity contribution is 0.0290. The van der Waals surface area contributed by atoms with Gasteiger partial charge in [0.05, 0.1) is 6.26 Å². The first-order valence-corrected chi connectivity index (χ1v) is 10.6. The Labute approximate surface area is 176 Å². The second-order valence-corrected chi connectivity index (χ2v) is 8.32. The molecule has 0 radical (unpaired) electrons. The molecule has 154 valence electrons. The van der Waals surface area contributed by atoms with E-state index in [1.54, 1.807) is 6.26 Å². The van der Waals surface area contributed by atoms with Gasteiger partial charge in [0.2, 0.25) is 0 Å². The van der Waals surface area contributed by atoms with E-state index in [9.17, 15) is 4.79 Å². The van der Waals surface area contributed by atoms with Gasteiger partial charge in [-0.25, -0.2) is 9.97 Å². The fourth-order valence-electron chi connectivity index (χ4n) is 4.92. The Balaban J connectivity index is 1.27. The molecule has 2 bridgehead atoms. The molecule has 6 rings (SSSR count). The predicted molar refractivity (Wildman–Crippen MR) is 114 cm³/mol. The van der Waals surface area contributed by atoms with Gasteiger partial charge in [0, 0.05) is 36.3 Å². The molecular formula is C24H26N4O2. The Morgan fingerprint density at radius 2 is 2.07 bits per heavy atom. The number of hydrogen-bond donors (Lipinski definition) is 1. The molecule has 3 fully saturated rings. The number of fused-ring (bicyclic) bond motifs is 3. The van der Waals surface area contributed by atoms with Crippen LogP contribution in [0, 0.1) is 12.8 Å². The first-order chi connectivity index (χ1) is 14.7. The van der Waals surface area contributed by atoms with E-state index in [4.69, 9.17) is 9.40 Å². The van der Waals surface area contributed by atoms with E-state index >= 15 is 0 Å². The van der Waals surface area contributed by atoms with Crippen molar-refractivity contribution in [3.63, 3.8) is 0 Å². The van der Waals surface area contributed by atoms with Gasteiger partial charge in [0.1, 0.15) is 11.5 Å². The molecule has 30 heavy (non-hydrogen) atoms. The first kappa shape index (κ1) is 19.0. The quantitative estimate of drug-likeness (QED) is 0.705. The third-order valence-electron chi connectivity index (χ3n) is 6.42. The summed E-state index contributed by atoms with van der Waals surface area (Å²) in [6.45, 7) is 4.70. The van der Waals surface area contributed by atoms with Crippen molar-refractivity contribution in [2.24, 2.45) is 5.92 Å². The number of benzene rings is 1. The van der Waals surface area contributed by atoms with Crippen molar-refractivity contribution < 1.29 is 9.21 Å². The molecule has 3 aromatic rings. The summed E-state index contributed by atoms with van der Waals surface area (Å²) < 4.78 is 5.55. The summed E-state index contributed by atoms with van der Waals surface area (Å²) in [5.74, 6) is 2.54. The van der Waals surface area contributed by atoms with Crippen molar-refractivity contribution in [1.29, 1.82) is 0 Å². The van der Waals surface area contributed by atoms with Crippen LogP contribution in [0.1, 0.15) is 40.6 Å². The first-order valence-electron chi connectivity index (χ1n) is 10.6. The molecule has 4 unspecified atom stereocenters. The molecule has 3 saturated heterocycles. The van der Waals surface area contributed by atoms with E-state index in [-0.39, 0.29) is 5.91 Å². The largest absolute Gasteiger partial charge is 0.463 e. The normalized spacial score (nSPS) is 25.2. The van der Waals surface area contributed by atoms with Crippen molar-refractivity contribution in [1.82, 2.24) is 20.2 Å². The number of amides is 1. The van der Waals surface area contributed by atoms with Crippen LogP contribution in [-0.2, 0) is 0 Å². The van der Waals surface area contributed by atoms with Gasteiger partial charge in [-0.3, -0.25) is 9.69 Å². The minimum Gasteiger partial charge on any atom is -0.463 e. The zero-order valence-electron chi connectivity index (χ0n) is 17.1. The Morgan fingerprint density at radius 3 is 2.80 bits per heavy atom. The highest BCUT2D eigenvalue weighted by Crippen LogP contribution is 2.41. The monoisotopic (exact) mass is 402 g/mol. The molecule has 6 heteroatoms. The molecule has 0 spiro atoms. The number of piperidine rings is 3. The zero-order chi connectivity index (χ0) is 20.5. The van der Waals surface area contributed by atoms with Gasteiger partial charge in [-0.1, -0.05) is 18.2 Å². The highest BCUT2D eigenvalue weighted by atomic mass is 16.3. The fraction of sp³-hybridized carbons (Fsp3) is 0.375. The lowest BCUT2D eigenvalue weighted by Gasteiger charge is -2.49. The molecule has 1 aromatic carbocycles. The van der Waals surface area contributed by atoms with Crippen LogP contribution >= 0.6 is 0 Å². The second kappa shape index (κ2) is 8.03. The number of nitrogens with one attached hydrogen (secondary N) is 1. The summed E-state index contributed by atoms with van der Waals surface area (Å²) in [6, 6.07) is 15.7. The van der Waals surface area contributed by atoms with E-state index in [0.29, 0.717) is 30.0 Å². The maximum atomic E-state index is 12.4. The summed E-state index contributed by atoms with van der Waals surface area (Å²) in [7, 11) is 0. The van der Waals surface area contributed by atoms with Crippen LogP contribution in [0.2, 0.25) is 0 Å². The summed E-state index contributed by atoms with van der Waals surface area (Å²) in [6.07, 6.45) is 3.93. The van der Waals surface area contributed by atoms with Crippen molar-refractivity contribution in [3.05, 3.63) is 71.9 Å². The summed E-state index contributed by atoms with van der Waals surface area (Å²) in [4.78, 5) is 24.3. The Morgan fingerprint density at radius 1 is 1.20 bits per heavy atom. The van der Waals surface area contributed by atoms with Crippen molar-refractivity contribution in [2.45, 2.75) is 31.7 Å². The van der Waals surface area contributed by atoms with Gasteiger partial charge in [-0.05, 0) is 62.6 Å². The third kappa shape index (κ3) is 3.75. The maximum Gasteiger partial charge on any atom is 0.251 e. The average Bonchev–Trinajstić information content (AvgIpc) is 3.33. The predicted octanol–water partition coefficient (Wildman–Crippen LogP) is 3.65. The number of carbonyl (C=O) groups excluding carboxylic acids is 1. The Bertz CT molecular complexity index is 1020. The lowest BCUT2D eigenvalue weighted by atomic mass is 9.74. The van der Waals surface area contributed by atoms with E-state index in [0.717, 1.165) is 42.5 Å². The topological polar surface area (TPSA) is 71.3 Å². The molecule has 5 heterocycles. The number of hydrogen-bond acceptors (Lipinski definition) is 5. The van der Waals surface area contributed by atoms with Gasteiger partial charge in [0.15, 0.2) is 5.76 Å². The van der Waals surface area contributed by atoms with Gasteiger partial charge < -0.3 is 9.73 Å². The van der Waals surface area contributed by atoms with Gasteiger partial charge in [-0.2, -0.15) is 0 Å². The van der Waals surface area contributed by atoms with Crippen LogP contribution in [0.4, 0.5) is 0 Å². The van der Waals surface area contributed by atoms with Gasteiger partial charge in [0.25, 0.3) is 5.91 Å². The average molecular weight is 402 g/mol. The number of rotatable bonds is 5. The van der Waals surface area contributed by atoms with Crippen LogP contribution in [0.25, 0.3) is 11.5 Å².